The topological polar surface area (TPSA) is 0 Å². The Morgan fingerprint density at radius 1 is 1.70 bits per heavy atom. The Morgan fingerprint density at radius 2 is 2.50 bits per heavy atom. The zero-order chi connectivity index (χ0) is 7.40. The van der Waals surface area contributed by atoms with Crippen molar-refractivity contribution in [2.75, 3.05) is 0 Å². The van der Waals surface area contributed by atoms with E-state index in [0.29, 0.717) is 4.83 Å². The fraction of sp³-hybridized carbons (Fsp3) is 0.500. The number of aryl methyl sites for hydroxylation is 1. The molecule has 0 saturated heterocycles. The highest BCUT2D eigenvalue weighted by Gasteiger charge is 1.96. The summed E-state index contributed by atoms with van der Waals surface area (Å²) in [6.07, 6.45) is 2.44. The van der Waals surface area contributed by atoms with E-state index in [2.05, 4.69) is 39.7 Å². The van der Waals surface area contributed by atoms with Gasteiger partial charge in [0.2, 0.25) is 0 Å². The number of thiophene rings is 1. The quantitative estimate of drug-likeness (QED) is 0.683. The van der Waals surface area contributed by atoms with Gasteiger partial charge in [0.05, 0.1) is 0 Å². The summed E-state index contributed by atoms with van der Waals surface area (Å²) in [5, 5.41) is 4.35. The second-order valence-corrected chi connectivity index (χ2v) is 4.79. The van der Waals surface area contributed by atoms with Gasteiger partial charge in [-0.2, -0.15) is 11.3 Å². The molecule has 0 aliphatic rings. The molecule has 0 aromatic carbocycles. The summed E-state index contributed by atoms with van der Waals surface area (Å²) in [5.41, 5.74) is 1.47. The number of rotatable bonds is 3. The molecule has 0 aliphatic heterocycles. The van der Waals surface area contributed by atoms with Crippen molar-refractivity contribution in [3.05, 3.63) is 22.4 Å². The van der Waals surface area contributed by atoms with E-state index in [1.807, 2.05) is 0 Å². The molecule has 56 valence electrons. The summed E-state index contributed by atoms with van der Waals surface area (Å²) in [6, 6.07) is 2.19. The Hall–Kier alpha value is 0.180. The van der Waals surface area contributed by atoms with Crippen LogP contribution in [0.1, 0.15) is 18.9 Å². The van der Waals surface area contributed by atoms with Crippen LogP contribution in [0.4, 0.5) is 0 Å². The largest absolute Gasteiger partial charge is 0.152 e. The van der Waals surface area contributed by atoms with Gasteiger partial charge in [0.25, 0.3) is 0 Å². The Balaban J connectivity index is 2.28. The van der Waals surface area contributed by atoms with Crippen LogP contribution in [0, 0.1) is 0 Å². The molecule has 0 N–H and O–H groups in total. The van der Waals surface area contributed by atoms with Crippen LogP contribution >= 0.6 is 27.3 Å². The maximum atomic E-state index is 3.52. The molecule has 1 aromatic rings. The van der Waals surface area contributed by atoms with Gasteiger partial charge in [-0.3, -0.25) is 0 Å². The zero-order valence-corrected chi connectivity index (χ0v) is 8.41. The molecule has 0 saturated carbocycles. The third-order valence-electron chi connectivity index (χ3n) is 1.41. The molecule has 1 rings (SSSR count). The van der Waals surface area contributed by atoms with Crippen molar-refractivity contribution >= 4 is 27.3 Å². The summed E-state index contributed by atoms with van der Waals surface area (Å²) in [6.45, 7) is 2.19. The monoisotopic (exact) mass is 218 g/mol. The van der Waals surface area contributed by atoms with Crippen LogP contribution in [0.5, 0.6) is 0 Å². The molecule has 2 heteroatoms. The van der Waals surface area contributed by atoms with Crippen LogP contribution in [0.3, 0.4) is 0 Å². The molecule has 0 radical (unpaired) electrons. The molecule has 10 heavy (non-hydrogen) atoms. The lowest BCUT2D eigenvalue weighted by molar-refractivity contribution is 0.824. The predicted molar refractivity (Wildman–Crippen MR) is 51.0 cm³/mol. The van der Waals surface area contributed by atoms with Gasteiger partial charge in [0, 0.05) is 4.83 Å². The van der Waals surface area contributed by atoms with E-state index in [1.54, 1.807) is 11.3 Å². The summed E-state index contributed by atoms with van der Waals surface area (Å²) in [4.78, 5) is 0.646. The summed E-state index contributed by atoms with van der Waals surface area (Å²) < 4.78 is 0. The van der Waals surface area contributed by atoms with Gasteiger partial charge in [0.1, 0.15) is 0 Å². The minimum absolute atomic E-state index is 0.646. The molecule has 1 heterocycles. The normalized spacial score (nSPS) is 13.4. The van der Waals surface area contributed by atoms with Gasteiger partial charge in [-0.25, -0.2) is 0 Å². The van der Waals surface area contributed by atoms with Gasteiger partial charge in [-0.1, -0.05) is 22.9 Å². The third kappa shape index (κ3) is 2.84. The second kappa shape index (κ2) is 4.14. The molecule has 0 bridgehead atoms. The zero-order valence-electron chi connectivity index (χ0n) is 6.01. The fourth-order valence-corrected chi connectivity index (χ4v) is 1.73. The van der Waals surface area contributed by atoms with Crippen LogP contribution in [0.25, 0.3) is 0 Å². The first-order valence-electron chi connectivity index (χ1n) is 3.44. The van der Waals surface area contributed by atoms with E-state index >= 15 is 0 Å². The van der Waals surface area contributed by atoms with Crippen LogP contribution < -0.4 is 0 Å². The van der Waals surface area contributed by atoms with Crippen molar-refractivity contribution in [2.24, 2.45) is 0 Å². The Morgan fingerprint density at radius 3 is 3.00 bits per heavy atom. The maximum Gasteiger partial charge on any atom is 0.0120 e. The smallest absolute Gasteiger partial charge is 0.0120 e. The van der Waals surface area contributed by atoms with Crippen LogP contribution in [0.15, 0.2) is 16.8 Å². The standard InChI is InChI=1S/C8H11BrS/c1-7(9)2-3-8-4-5-10-6-8/h4-7H,2-3H2,1H3. The lowest BCUT2D eigenvalue weighted by Gasteiger charge is -1.99. The molecule has 1 aromatic heterocycles. The SMILES string of the molecule is CC(Br)CCc1ccsc1. The number of alkyl halides is 1. The fourth-order valence-electron chi connectivity index (χ4n) is 0.800. The second-order valence-electron chi connectivity index (χ2n) is 2.45. The Labute approximate surface area is 74.4 Å². The molecule has 0 fully saturated rings. The minimum Gasteiger partial charge on any atom is -0.152 e. The van der Waals surface area contributed by atoms with E-state index in [1.165, 1.54) is 18.4 Å². The first kappa shape index (κ1) is 8.28. The molecule has 0 spiro atoms. The van der Waals surface area contributed by atoms with E-state index in [0.717, 1.165) is 0 Å². The van der Waals surface area contributed by atoms with Crippen LogP contribution in [-0.4, -0.2) is 4.83 Å². The molecule has 1 atom stereocenters. The summed E-state index contributed by atoms with van der Waals surface area (Å²) >= 11 is 5.30. The van der Waals surface area contributed by atoms with Gasteiger partial charge in [-0.05, 0) is 35.2 Å². The van der Waals surface area contributed by atoms with Gasteiger partial charge in [0.15, 0.2) is 0 Å². The first-order valence-corrected chi connectivity index (χ1v) is 5.30. The molecule has 0 aliphatic carbocycles. The summed E-state index contributed by atoms with van der Waals surface area (Å²) in [7, 11) is 0. The highest BCUT2D eigenvalue weighted by molar-refractivity contribution is 9.09. The number of hydrogen-bond acceptors (Lipinski definition) is 1. The van der Waals surface area contributed by atoms with Crippen molar-refractivity contribution in [3.63, 3.8) is 0 Å². The Kier molecular flexibility index (Phi) is 3.43. The van der Waals surface area contributed by atoms with Crippen LogP contribution in [-0.2, 0) is 6.42 Å². The lowest BCUT2D eigenvalue weighted by Crippen LogP contribution is -1.91. The van der Waals surface area contributed by atoms with E-state index in [9.17, 15) is 0 Å². The third-order valence-corrected chi connectivity index (χ3v) is 2.60. The van der Waals surface area contributed by atoms with Crippen molar-refractivity contribution in [2.45, 2.75) is 24.6 Å². The van der Waals surface area contributed by atoms with Crippen molar-refractivity contribution in [1.82, 2.24) is 0 Å². The van der Waals surface area contributed by atoms with Crippen LogP contribution in [0.2, 0.25) is 0 Å². The minimum atomic E-state index is 0.646. The number of halogens is 1. The highest BCUT2D eigenvalue weighted by atomic mass is 79.9. The van der Waals surface area contributed by atoms with Gasteiger partial charge < -0.3 is 0 Å². The van der Waals surface area contributed by atoms with Gasteiger partial charge in [-0.15, -0.1) is 0 Å². The molecular formula is C8H11BrS. The number of hydrogen-bond donors (Lipinski definition) is 0. The summed E-state index contributed by atoms with van der Waals surface area (Å²) in [5.74, 6) is 0. The predicted octanol–water partition coefficient (Wildman–Crippen LogP) is 3.46. The molecule has 1 unspecified atom stereocenters. The van der Waals surface area contributed by atoms with Gasteiger partial charge >= 0.3 is 0 Å². The average Bonchev–Trinajstić information content (AvgIpc) is 2.34. The Bertz CT molecular complexity index is 167. The maximum absolute atomic E-state index is 3.52. The molecular weight excluding hydrogens is 208 g/mol. The lowest BCUT2D eigenvalue weighted by atomic mass is 10.2. The highest BCUT2D eigenvalue weighted by Crippen LogP contribution is 2.12. The molecule has 0 nitrogen and oxygen atoms in total. The molecule has 0 amide bonds. The van der Waals surface area contributed by atoms with E-state index in [4.69, 9.17) is 0 Å². The van der Waals surface area contributed by atoms with Crippen molar-refractivity contribution < 1.29 is 0 Å². The first-order chi connectivity index (χ1) is 4.79. The van der Waals surface area contributed by atoms with Crippen molar-refractivity contribution in [1.29, 1.82) is 0 Å². The van der Waals surface area contributed by atoms with Crippen molar-refractivity contribution in [3.8, 4) is 0 Å². The van der Waals surface area contributed by atoms with E-state index in [-0.39, 0.29) is 0 Å². The average molecular weight is 219 g/mol. The van der Waals surface area contributed by atoms with E-state index < -0.39 is 0 Å².